The predicted molar refractivity (Wildman–Crippen MR) is 147 cm³/mol. The van der Waals surface area contributed by atoms with Gasteiger partial charge in [0.1, 0.15) is 10.6 Å². The molecule has 1 unspecified atom stereocenters. The second-order valence-electron chi connectivity index (χ2n) is 9.24. The first kappa shape index (κ1) is 22.6. The van der Waals surface area contributed by atoms with Crippen LogP contribution in [0.2, 0.25) is 0 Å². The van der Waals surface area contributed by atoms with Crippen LogP contribution in [0.1, 0.15) is 22.4 Å². The van der Waals surface area contributed by atoms with E-state index >= 15 is 0 Å². The van der Waals surface area contributed by atoms with E-state index in [2.05, 4.69) is 41.7 Å². The zero-order valence-corrected chi connectivity index (χ0v) is 20.9. The molecular formula is C30H27N3O2S. The number of hydrogen-bond acceptors (Lipinski definition) is 5. The average Bonchev–Trinajstić information content (AvgIpc) is 3.30. The molecule has 6 heteroatoms. The highest BCUT2D eigenvalue weighted by atomic mass is 32.1. The molecule has 1 aliphatic rings. The van der Waals surface area contributed by atoms with E-state index in [9.17, 15) is 4.79 Å². The van der Waals surface area contributed by atoms with Crippen molar-refractivity contribution < 1.29 is 4.74 Å². The van der Waals surface area contributed by atoms with E-state index in [1.165, 1.54) is 16.0 Å². The minimum absolute atomic E-state index is 0.0594. The van der Waals surface area contributed by atoms with Crippen molar-refractivity contribution >= 4 is 27.2 Å². The van der Waals surface area contributed by atoms with Gasteiger partial charge in [-0.3, -0.25) is 9.36 Å². The van der Waals surface area contributed by atoms with Crippen molar-refractivity contribution in [3.05, 3.63) is 112 Å². The lowest BCUT2D eigenvalue weighted by molar-refractivity contribution is 0.415. The van der Waals surface area contributed by atoms with Gasteiger partial charge < -0.3 is 10.1 Å². The fourth-order valence-electron chi connectivity index (χ4n) is 5.04. The number of ether oxygens (including phenoxy) is 1. The van der Waals surface area contributed by atoms with Crippen LogP contribution in [0.15, 0.2) is 90.0 Å². The number of methoxy groups -OCH3 is 1. The first-order chi connectivity index (χ1) is 17.7. The third-order valence-corrected chi connectivity index (χ3v) is 8.05. The number of nitrogens with one attached hydrogen (secondary N) is 1. The molecule has 5 aromatic rings. The Hall–Kier alpha value is -3.90. The summed E-state index contributed by atoms with van der Waals surface area (Å²) in [5.41, 5.74) is 5.75. The Kier molecular flexibility index (Phi) is 6.03. The summed E-state index contributed by atoms with van der Waals surface area (Å²) in [6, 6.07) is 27.1. The summed E-state index contributed by atoms with van der Waals surface area (Å²) >= 11 is 1.66. The normalized spacial score (nSPS) is 15.0. The number of fused-ring (bicyclic) bond motifs is 3. The number of anilines is 1. The zero-order chi connectivity index (χ0) is 24.5. The van der Waals surface area contributed by atoms with Gasteiger partial charge in [-0.25, -0.2) is 4.98 Å². The number of aryl methyl sites for hydroxylation is 1. The summed E-state index contributed by atoms with van der Waals surface area (Å²) in [7, 11) is 1.68. The van der Waals surface area contributed by atoms with Crippen molar-refractivity contribution in [1.29, 1.82) is 0 Å². The summed E-state index contributed by atoms with van der Waals surface area (Å²) < 4.78 is 7.01. The molecule has 1 aliphatic carbocycles. The summed E-state index contributed by atoms with van der Waals surface area (Å²) in [5, 5.41) is 4.45. The highest BCUT2D eigenvalue weighted by molar-refractivity contribution is 7.18. The van der Waals surface area contributed by atoms with E-state index in [0.717, 1.165) is 52.0 Å². The smallest absolute Gasteiger partial charge is 0.262 e. The molecule has 0 aliphatic heterocycles. The molecule has 2 aromatic heterocycles. The second-order valence-corrected chi connectivity index (χ2v) is 10.3. The maximum atomic E-state index is 13.6. The molecule has 180 valence electrons. The monoisotopic (exact) mass is 493 g/mol. The van der Waals surface area contributed by atoms with Crippen molar-refractivity contribution in [3.8, 4) is 16.9 Å². The van der Waals surface area contributed by atoms with Gasteiger partial charge in [0.2, 0.25) is 0 Å². The van der Waals surface area contributed by atoms with E-state index in [0.29, 0.717) is 12.6 Å². The quantitative estimate of drug-likeness (QED) is 0.308. The number of nitrogens with zero attached hydrogens (tertiary/aromatic N) is 2. The van der Waals surface area contributed by atoms with E-state index in [1.807, 2.05) is 42.5 Å². The summed E-state index contributed by atoms with van der Waals surface area (Å²) in [6.45, 7) is 0.509. The Balaban J connectivity index is 1.24. The fraction of sp³-hybridized carbons (Fsp3) is 0.200. The van der Waals surface area contributed by atoms with Gasteiger partial charge in [-0.15, -0.1) is 11.3 Å². The van der Waals surface area contributed by atoms with Crippen LogP contribution in [0, 0.1) is 0 Å². The van der Waals surface area contributed by atoms with E-state index in [-0.39, 0.29) is 5.56 Å². The van der Waals surface area contributed by atoms with E-state index < -0.39 is 0 Å². The standard InChI is InChI=1S/C30H27N3O2S/c1-35-25-13-10-23(11-14-25)32-24-12-15-26-27(17-24)36-29-28(26)30(34)33(19-31-29)18-20-6-5-9-22(16-20)21-7-3-2-4-8-21/h2-11,13-14,16,19,24,32H,12,15,17-18H2,1H3. The molecule has 1 N–H and O–H groups in total. The first-order valence-electron chi connectivity index (χ1n) is 12.2. The first-order valence-corrected chi connectivity index (χ1v) is 13.0. The Labute approximate surface area is 214 Å². The van der Waals surface area contributed by atoms with Crippen molar-refractivity contribution in [2.45, 2.75) is 31.8 Å². The summed E-state index contributed by atoms with van der Waals surface area (Å²) in [6.07, 6.45) is 4.47. The van der Waals surface area contributed by atoms with Gasteiger partial charge in [-0.2, -0.15) is 0 Å². The Morgan fingerprint density at radius 1 is 1.03 bits per heavy atom. The topological polar surface area (TPSA) is 56.1 Å². The Morgan fingerprint density at radius 3 is 2.64 bits per heavy atom. The number of thiophene rings is 1. The second kappa shape index (κ2) is 9.63. The van der Waals surface area contributed by atoms with Gasteiger partial charge >= 0.3 is 0 Å². The molecule has 1 atom stereocenters. The van der Waals surface area contributed by atoms with E-state index in [1.54, 1.807) is 29.3 Å². The minimum Gasteiger partial charge on any atom is -0.497 e. The molecule has 0 fully saturated rings. The van der Waals surface area contributed by atoms with Crippen LogP contribution in [-0.2, 0) is 19.4 Å². The molecule has 36 heavy (non-hydrogen) atoms. The number of hydrogen-bond donors (Lipinski definition) is 1. The minimum atomic E-state index is 0.0594. The van der Waals surface area contributed by atoms with Crippen molar-refractivity contribution in [3.63, 3.8) is 0 Å². The lowest BCUT2D eigenvalue weighted by Gasteiger charge is -2.24. The summed E-state index contributed by atoms with van der Waals surface area (Å²) in [5.74, 6) is 0.852. The van der Waals surface area contributed by atoms with Crippen molar-refractivity contribution in [2.75, 3.05) is 12.4 Å². The van der Waals surface area contributed by atoms with Gasteiger partial charge in [0.15, 0.2) is 0 Å². The van der Waals surface area contributed by atoms with Gasteiger partial charge in [0.05, 0.1) is 25.4 Å². The molecule has 5 nitrogen and oxygen atoms in total. The third kappa shape index (κ3) is 4.40. The van der Waals surface area contributed by atoms with E-state index in [4.69, 9.17) is 9.72 Å². The third-order valence-electron chi connectivity index (χ3n) is 6.88. The molecule has 0 radical (unpaired) electrons. The SMILES string of the molecule is COc1ccc(NC2CCc3c(sc4ncn(Cc5cccc(-c6ccccc6)c5)c(=O)c34)C2)cc1. The Bertz CT molecular complexity index is 1570. The largest absolute Gasteiger partial charge is 0.497 e. The molecule has 3 aromatic carbocycles. The highest BCUT2D eigenvalue weighted by Crippen LogP contribution is 2.34. The number of aromatic nitrogens is 2. The zero-order valence-electron chi connectivity index (χ0n) is 20.1. The van der Waals surface area contributed by atoms with Gasteiger partial charge in [0, 0.05) is 23.0 Å². The van der Waals surface area contributed by atoms with Crippen LogP contribution < -0.4 is 15.6 Å². The molecule has 6 rings (SSSR count). The van der Waals surface area contributed by atoms with Crippen LogP contribution in [0.3, 0.4) is 0 Å². The molecule has 0 amide bonds. The molecule has 0 bridgehead atoms. The molecule has 2 heterocycles. The molecular weight excluding hydrogens is 466 g/mol. The highest BCUT2D eigenvalue weighted by Gasteiger charge is 2.25. The molecule has 0 saturated carbocycles. The van der Waals surface area contributed by atoms with Gasteiger partial charge in [-0.05, 0) is 65.4 Å². The van der Waals surface area contributed by atoms with Crippen LogP contribution >= 0.6 is 11.3 Å². The predicted octanol–water partition coefficient (Wildman–Crippen LogP) is 6.15. The summed E-state index contributed by atoms with van der Waals surface area (Å²) in [4.78, 5) is 20.4. The van der Waals surface area contributed by atoms with Crippen LogP contribution in [0.5, 0.6) is 5.75 Å². The van der Waals surface area contributed by atoms with Gasteiger partial charge in [0.25, 0.3) is 5.56 Å². The maximum Gasteiger partial charge on any atom is 0.262 e. The van der Waals surface area contributed by atoms with Crippen LogP contribution in [0.4, 0.5) is 5.69 Å². The van der Waals surface area contributed by atoms with Crippen LogP contribution in [-0.4, -0.2) is 22.7 Å². The molecule has 0 saturated heterocycles. The fourth-order valence-corrected chi connectivity index (χ4v) is 6.29. The average molecular weight is 494 g/mol. The Morgan fingerprint density at radius 2 is 1.83 bits per heavy atom. The van der Waals surface area contributed by atoms with Crippen molar-refractivity contribution in [2.24, 2.45) is 0 Å². The number of rotatable bonds is 6. The van der Waals surface area contributed by atoms with Crippen LogP contribution in [0.25, 0.3) is 21.3 Å². The van der Waals surface area contributed by atoms with Gasteiger partial charge in [-0.1, -0.05) is 48.5 Å². The van der Waals surface area contributed by atoms with Crippen molar-refractivity contribution in [1.82, 2.24) is 9.55 Å². The molecule has 0 spiro atoms. The maximum absolute atomic E-state index is 13.6. The number of benzene rings is 3. The lowest BCUT2D eigenvalue weighted by Crippen LogP contribution is -2.27. The lowest BCUT2D eigenvalue weighted by atomic mass is 9.93.